The fourth-order valence-electron chi connectivity index (χ4n) is 0.770. The molecule has 2 heteroatoms. The van der Waals surface area contributed by atoms with Gasteiger partial charge in [0.25, 0.3) is 0 Å². The number of rotatable bonds is 2. The van der Waals surface area contributed by atoms with Crippen molar-refractivity contribution < 1.29 is 9.90 Å². The van der Waals surface area contributed by atoms with Crippen LogP contribution in [0.15, 0.2) is 30.3 Å². The van der Waals surface area contributed by atoms with E-state index in [9.17, 15) is 4.79 Å². The normalized spacial score (nSPS) is 9.20. The molecule has 0 fully saturated rings. The van der Waals surface area contributed by atoms with Crippen LogP contribution >= 0.6 is 0 Å². The number of benzene rings is 1. The van der Waals surface area contributed by atoms with E-state index in [4.69, 9.17) is 5.11 Å². The SMILES string of the molecule is O=C(O)C[13c]1[13cH][13cH][13cH][13cH][13cH]1. The van der Waals surface area contributed by atoms with Crippen LogP contribution in [-0.4, -0.2) is 11.1 Å². The topological polar surface area (TPSA) is 37.3 Å². The molecule has 0 radical (unpaired) electrons. The Labute approximate surface area is 59.1 Å². The van der Waals surface area contributed by atoms with Gasteiger partial charge in [-0.15, -0.1) is 0 Å². The molecule has 0 bridgehead atoms. The fourth-order valence-corrected chi connectivity index (χ4v) is 0.770. The van der Waals surface area contributed by atoms with Crippen molar-refractivity contribution in [2.45, 2.75) is 6.42 Å². The number of hydrogen-bond acceptors (Lipinski definition) is 1. The predicted molar refractivity (Wildman–Crippen MR) is 37.8 cm³/mol. The molecule has 0 unspecified atom stereocenters. The Morgan fingerprint density at radius 1 is 1.30 bits per heavy atom. The van der Waals surface area contributed by atoms with Crippen molar-refractivity contribution in [1.82, 2.24) is 0 Å². The second-order valence-corrected chi connectivity index (χ2v) is 2.06. The maximum absolute atomic E-state index is 10.2. The van der Waals surface area contributed by atoms with E-state index in [0.717, 1.165) is 5.56 Å². The quantitative estimate of drug-likeness (QED) is 0.676. The van der Waals surface area contributed by atoms with E-state index >= 15 is 0 Å². The van der Waals surface area contributed by atoms with Gasteiger partial charge in [-0.3, -0.25) is 4.79 Å². The van der Waals surface area contributed by atoms with Crippen LogP contribution < -0.4 is 0 Å². The highest BCUT2D eigenvalue weighted by Gasteiger charge is 1.96. The molecule has 0 saturated carbocycles. The monoisotopic (exact) mass is 142 g/mol. The van der Waals surface area contributed by atoms with Gasteiger partial charge >= 0.3 is 5.97 Å². The maximum Gasteiger partial charge on any atom is 0.307 e. The van der Waals surface area contributed by atoms with Crippen LogP contribution in [0.25, 0.3) is 0 Å². The van der Waals surface area contributed by atoms with Crippen LogP contribution in [-0.2, 0) is 11.2 Å². The number of carboxylic acids is 1. The van der Waals surface area contributed by atoms with E-state index in [1.165, 1.54) is 0 Å². The summed E-state index contributed by atoms with van der Waals surface area (Å²) in [6, 6.07) is 9.13. The van der Waals surface area contributed by atoms with Gasteiger partial charge in [-0.2, -0.15) is 0 Å². The molecule has 0 spiro atoms. The molecule has 10 heavy (non-hydrogen) atoms. The predicted octanol–water partition coefficient (Wildman–Crippen LogP) is 1.31. The molecule has 2 nitrogen and oxygen atoms in total. The average molecular weight is 142 g/mol. The summed E-state index contributed by atoms with van der Waals surface area (Å²) < 4.78 is 0. The minimum absolute atomic E-state index is 0.112. The maximum atomic E-state index is 10.2. The summed E-state index contributed by atoms with van der Waals surface area (Å²) in [7, 11) is 0. The highest BCUT2D eigenvalue weighted by atomic mass is 16.4. The van der Waals surface area contributed by atoms with E-state index in [0.29, 0.717) is 0 Å². The molecular formula is C8H8O2. The van der Waals surface area contributed by atoms with E-state index < -0.39 is 5.97 Å². The second kappa shape index (κ2) is 3.01. The first-order valence-electron chi connectivity index (χ1n) is 3.05. The summed E-state index contributed by atoms with van der Waals surface area (Å²) in [5.74, 6) is -0.786. The molecule has 1 aromatic carbocycles. The van der Waals surface area contributed by atoms with E-state index in [1.54, 1.807) is 12.1 Å². The molecule has 0 amide bonds. The molecule has 1 N–H and O–H groups in total. The lowest BCUT2D eigenvalue weighted by atomic mass is 10.6. The van der Waals surface area contributed by atoms with Crippen molar-refractivity contribution in [2.24, 2.45) is 0 Å². The molecule has 0 aliphatic rings. The summed E-state index contributed by atoms with van der Waals surface area (Å²) in [5.41, 5.74) is 0.843. The van der Waals surface area contributed by atoms with Gasteiger partial charge in [0.1, 0.15) is 0 Å². The molecule has 0 atom stereocenters. The highest BCUT2D eigenvalue weighted by Crippen LogP contribution is 1.98. The third-order valence-electron chi connectivity index (χ3n) is 1.20. The lowest BCUT2D eigenvalue weighted by molar-refractivity contribution is -0.136. The van der Waals surface area contributed by atoms with Crippen molar-refractivity contribution >= 4 is 5.97 Å². The molecule has 0 saturated heterocycles. The van der Waals surface area contributed by atoms with Crippen LogP contribution in [0.2, 0.25) is 0 Å². The van der Waals surface area contributed by atoms with Crippen molar-refractivity contribution in [3.63, 3.8) is 0 Å². The third-order valence-corrected chi connectivity index (χ3v) is 1.20. The standard InChI is InChI=1S/C8H8O2/c9-8(10)6-7-4-2-1-3-5-7/h1-5H,6H2,(H,9,10)/i1+1,2+1,3+1,4+1,5+1,7+1. The van der Waals surface area contributed by atoms with Crippen molar-refractivity contribution in [1.29, 1.82) is 0 Å². The molecule has 0 aromatic heterocycles. The second-order valence-electron chi connectivity index (χ2n) is 2.06. The Balaban J connectivity index is 2.67. The molecule has 1 rings (SSSR count). The number of carboxylic acid groups (broad SMARTS) is 1. The van der Waals surface area contributed by atoms with Crippen molar-refractivity contribution in [2.75, 3.05) is 0 Å². The molecule has 1 aromatic rings. The lowest BCUT2D eigenvalue weighted by Crippen LogP contribution is -1.98. The van der Waals surface area contributed by atoms with Crippen molar-refractivity contribution in [3.8, 4) is 0 Å². The molecule has 0 aliphatic carbocycles. The van der Waals surface area contributed by atoms with Gasteiger partial charge in [0.15, 0.2) is 0 Å². The number of hydrogen-bond donors (Lipinski definition) is 1. The van der Waals surface area contributed by atoms with Crippen LogP contribution in [0.5, 0.6) is 0 Å². The van der Waals surface area contributed by atoms with Crippen LogP contribution in [0.4, 0.5) is 0 Å². The van der Waals surface area contributed by atoms with E-state index in [2.05, 4.69) is 0 Å². The van der Waals surface area contributed by atoms with Gasteiger partial charge in [0, 0.05) is 0 Å². The van der Waals surface area contributed by atoms with Gasteiger partial charge in [0.2, 0.25) is 0 Å². The van der Waals surface area contributed by atoms with Gasteiger partial charge in [-0.05, 0) is 5.56 Å². The minimum atomic E-state index is -0.786. The summed E-state index contributed by atoms with van der Waals surface area (Å²) in [6.07, 6.45) is 0.112. The Hall–Kier alpha value is -1.31. The van der Waals surface area contributed by atoms with Gasteiger partial charge in [-0.25, -0.2) is 0 Å². The van der Waals surface area contributed by atoms with Crippen LogP contribution in [0.3, 0.4) is 0 Å². The zero-order valence-electron chi connectivity index (χ0n) is 5.45. The van der Waals surface area contributed by atoms with Gasteiger partial charge in [-0.1, -0.05) is 30.3 Å². The third kappa shape index (κ3) is 1.90. The molecular weight excluding hydrogens is 134 g/mol. The first-order valence-corrected chi connectivity index (χ1v) is 3.05. The Morgan fingerprint density at radius 3 is 2.40 bits per heavy atom. The first-order chi connectivity index (χ1) is 4.79. The summed E-state index contributed by atoms with van der Waals surface area (Å²) in [6.45, 7) is 0. The van der Waals surface area contributed by atoms with Crippen LogP contribution in [0.1, 0.15) is 5.56 Å². The molecule has 52 valence electrons. The minimum Gasteiger partial charge on any atom is -0.481 e. The largest absolute Gasteiger partial charge is 0.481 e. The van der Waals surface area contributed by atoms with Gasteiger partial charge < -0.3 is 5.11 Å². The smallest absolute Gasteiger partial charge is 0.307 e. The summed E-state index contributed by atoms with van der Waals surface area (Å²) >= 11 is 0. The lowest BCUT2D eigenvalue weighted by Gasteiger charge is -1.92. The Bertz CT molecular complexity index is 216. The number of carbonyl (C=O) groups is 1. The molecule has 0 aliphatic heterocycles. The van der Waals surface area contributed by atoms with Crippen LogP contribution in [0, 0.1) is 0 Å². The van der Waals surface area contributed by atoms with E-state index in [1.807, 2.05) is 18.2 Å². The summed E-state index contributed by atoms with van der Waals surface area (Å²) in [4.78, 5) is 10.2. The Morgan fingerprint density at radius 2 is 1.90 bits per heavy atom. The number of aliphatic carboxylic acids is 1. The molecule has 0 heterocycles. The average Bonchev–Trinajstić information content (AvgIpc) is 1.88. The summed E-state index contributed by atoms with van der Waals surface area (Å²) in [5, 5.41) is 8.37. The van der Waals surface area contributed by atoms with Crippen molar-refractivity contribution in [3.05, 3.63) is 35.9 Å². The fraction of sp³-hybridized carbons (Fsp3) is 0.125. The van der Waals surface area contributed by atoms with E-state index in [-0.39, 0.29) is 6.42 Å². The first kappa shape index (κ1) is 6.81. The van der Waals surface area contributed by atoms with Gasteiger partial charge in [0.05, 0.1) is 6.42 Å². The zero-order chi connectivity index (χ0) is 7.40. The highest BCUT2D eigenvalue weighted by molar-refractivity contribution is 5.70. The zero-order valence-corrected chi connectivity index (χ0v) is 5.45. The Kier molecular flexibility index (Phi) is 2.05.